The molecule has 0 aromatic heterocycles. The number of nitrogens with one attached hydrogen (secondary N) is 1. The van der Waals surface area contributed by atoms with E-state index in [-0.39, 0.29) is 0 Å². The van der Waals surface area contributed by atoms with E-state index in [2.05, 4.69) is 75.4 Å². The molecule has 1 aromatic carbocycles. The molecule has 2 unspecified atom stereocenters. The molecule has 0 bridgehead atoms. The van der Waals surface area contributed by atoms with Crippen LogP contribution in [-0.4, -0.2) is 38.1 Å². The molecular formula is C18H32N2. The summed E-state index contributed by atoms with van der Waals surface area (Å²) in [4.78, 5) is 2.37. The van der Waals surface area contributed by atoms with E-state index in [0.717, 1.165) is 19.0 Å². The fourth-order valence-electron chi connectivity index (χ4n) is 2.95. The highest BCUT2D eigenvalue weighted by molar-refractivity contribution is 5.18. The summed E-state index contributed by atoms with van der Waals surface area (Å²) >= 11 is 0. The van der Waals surface area contributed by atoms with Crippen molar-refractivity contribution in [2.75, 3.05) is 27.2 Å². The van der Waals surface area contributed by atoms with E-state index >= 15 is 0 Å². The van der Waals surface area contributed by atoms with Crippen LogP contribution in [0.4, 0.5) is 0 Å². The summed E-state index contributed by atoms with van der Waals surface area (Å²) in [7, 11) is 4.40. The number of hydrogen-bond acceptors (Lipinski definition) is 2. The Hall–Kier alpha value is -0.860. The average Bonchev–Trinajstić information content (AvgIpc) is 2.47. The van der Waals surface area contributed by atoms with Gasteiger partial charge in [-0.15, -0.1) is 0 Å². The monoisotopic (exact) mass is 276 g/mol. The zero-order chi connectivity index (χ0) is 15.0. The predicted molar refractivity (Wildman–Crippen MR) is 89.3 cm³/mol. The maximum Gasteiger partial charge on any atom is 0.0242 e. The first-order valence-electron chi connectivity index (χ1n) is 8.02. The van der Waals surface area contributed by atoms with E-state index in [1.165, 1.54) is 18.4 Å². The van der Waals surface area contributed by atoms with Gasteiger partial charge in [0.15, 0.2) is 0 Å². The van der Waals surface area contributed by atoms with Crippen LogP contribution in [0.2, 0.25) is 0 Å². The third-order valence-corrected chi connectivity index (χ3v) is 4.43. The Labute approximate surface area is 125 Å². The zero-order valence-electron chi connectivity index (χ0n) is 13.9. The summed E-state index contributed by atoms with van der Waals surface area (Å²) in [6.07, 6.45) is 2.52. The molecule has 0 aliphatic rings. The molecule has 2 heteroatoms. The van der Waals surface area contributed by atoms with Gasteiger partial charge in [0.25, 0.3) is 0 Å². The standard InChI is InChI=1S/C18H32N2/c1-6-16(7-2)18(20(4)5)14-19-13-15(3)17-11-9-8-10-12-17/h8-12,15-16,18-19H,6-7,13-14H2,1-5H3. The van der Waals surface area contributed by atoms with Gasteiger partial charge in [-0.1, -0.05) is 63.9 Å². The zero-order valence-corrected chi connectivity index (χ0v) is 13.9. The summed E-state index contributed by atoms with van der Waals surface area (Å²) in [5.41, 5.74) is 1.42. The highest BCUT2D eigenvalue weighted by Gasteiger charge is 2.20. The van der Waals surface area contributed by atoms with Gasteiger partial charge in [-0.3, -0.25) is 0 Å². The molecule has 0 radical (unpaired) electrons. The van der Waals surface area contributed by atoms with E-state index < -0.39 is 0 Å². The number of rotatable bonds is 9. The molecule has 0 heterocycles. The smallest absolute Gasteiger partial charge is 0.0242 e. The third kappa shape index (κ3) is 5.26. The van der Waals surface area contributed by atoms with Gasteiger partial charge in [0.05, 0.1) is 0 Å². The Morgan fingerprint density at radius 1 is 1.00 bits per heavy atom. The SMILES string of the molecule is CCC(CC)C(CNCC(C)c1ccccc1)N(C)C. The van der Waals surface area contributed by atoms with Crippen molar-refractivity contribution in [3.05, 3.63) is 35.9 Å². The predicted octanol–water partition coefficient (Wildman–Crippen LogP) is 3.75. The normalized spacial score (nSPS) is 14.8. The summed E-state index contributed by atoms with van der Waals surface area (Å²) in [6, 6.07) is 11.4. The van der Waals surface area contributed by atoms with Gasteiger partial charge in [0.1, 0.15) is 0 Å². The third-order valence-electron chi connectivity index (χ3n) is 4.43. The van der Waals surface area contributed by atoms with Crippen molar-refractivity contribution in [3.63, 3.8) is 0 Å². The highest BCUT2D eigenvalue weighted by atomic mass is 15.1. The molecule has 1 N–H and O–H groups in total. The maximum absolute atomic E-state index is 3.67. The number of nitrogens with zero attached hydrogens (tertiary/aromatic N) is 1. The molecule has 0 amide bonds. The lowest BCUT2D eigenvalue weighted by Crippen LogP contribution is -2.43. The highest BCUT2D eigenvalue weighted by Crippen LogP contribution is 2.17. The molecule has 0 aliphatic carbocycles. The van der Waals surface area contributed by atoms with Crippen LogP contribution in [0.5, 0.6) is 0 Å². The minimum Gasteiger partial charge on any atom is -0.315 e. The lowest BCUT2D eigenvalue weighted by molar-refractivity contribution is 0.194. The minimum atomic E-state index is 0.570. The Morgan fingerprint density at radius 2 is 1.60 bits per heavy atom. The Morgan fingerprint density at radius 3 is 2.10 bits per heavy atom. The Balaban J connectivity index is 2.44. The Kier molecular flexibility index (Phi) is 7.86. The van der Waals surface area contributed by atoms with E-state index in [1.54, 1.807) is 0 Å². The van der Waals surface area contributed by atoms with Gasteiger partial charge in [0.2, 0.25) is 0 Å². The summed E-state index contributed by atoms with van der Waals surface area (Å²) in [6.45, 7) is 9.03. The topological polar surface area (TPSA) is 15.3 Å². The number of likely N-dealkylation sites (N-methyl/N-ethyl adjacent to an activating group) is 1. The van der Waals surface area contributed by atoms with Crippen molar-refractivity contribution in [3.8, 4) is 0 Å². The first kappa shape index (κ1) is 17.2. The van der Waals surface area contributed by atoms with Gasteiger partial charge in [0, 0.05) is 19.1 Å². The van der Waals surface area contributed by atoms with Crippen LogP contribution < -0.4 is 5.32 Å². The fourth-order valence-corrected chi connectivity index (χ4v) is 2.95. The van der Waals surface area contributed by atoms with Gasteiger partial charge >= 0.3 is 0 Å². The van der Waals surface area contributed by atoms with Gasteiger partial charge in [-0.05, 0) is 31.5 Å². The van der Waals surface area contributed by atoms with Crippen molar-refractivity contribution < 1.29 is 0 Å². The Bertz CT molecular complexity index is 344. The van der Waals surface area contributed by atoms with Crippen molar-refractivity contribution >= 4 is 0 Å². The first-order chi connectivity index (χ1) is 9.60. The van der Waals surface area contributed by atoms with E-state index in [0.29, 0.717) is 12.0 Å². The molecule has 0 aliphatic heterocycles. The molecular weight excluding hydrogens is 244 g/mol. The second-order valence-corrected chi connectivity index (χ2v) is 6.08. The van der Waals surface area contributed by atoms with Crippen LogP contribution in [-0.2, 0) is 0 Å². The van der Waals surface area contributed by atoms with Gasteiger partial charge < -0.3 is 10.2 Å². The number of benzene rings is 1. The quantitative estimate of drug-likeness (QED) is 0.739. The second kappa shape index (κ2) is 9.15. The molecule has 0 saturated carbocycles. The van der Waals surface area contributed by atoms with Crippen molar-refractivity contribution in [1.29, 1.82) is 0 Å². The number of hydrogen-bond donors (Lipinski definition) is 1. The molecule has 2 atom stereocenters. The van der Waals surface area contributed by atoms with Crippen molar-refractivity contribution in [2.45, 2.75) is 45.6 Å². The van der Waals surface area contributed by atoms with Crippen LogP contribution in [0, 0.1) is 5.92 Å². The van der Waals surface area contributed by atoms with Crippen LogP contribution in [0.15, 0.2) is 30.3 Å². The van der Waals surface area contributed by atoms with E-state index in [1.807, 2.05) is 0 Å². The van der Waals surface area contributed by atoms with Crippen LogP contribution in [0.25, 0.3) is 0 Å². The lowest BCUT2D eigenvalue weighted by atomic mass is 9.93. The summed E-state index contributed by atoms with van der Waals surface area (Å²) in [5, 5.41) is 3.67. The maximum atomic E-state index is 3.67. The van der Waals surface area contributed by atoms with Crippen LogP contribution in [0.1, 0.15) is 45.1 Å². The molecule has 20 heavy (non-hydrogen) atoms. The fraction of sp³-hybridized carbons (Fsp3) is 0.667. The van der Waals surface area contributed by atoms with Crippen molar-refractivity contribution in [2.24, 2.45) is 5.92 Å². The molecule has 0 spiro atoms. The average molecular weight is 276 g/mol. The molecule has 0 fully saturated rings. The minimum absolute atomic E-state index is 0.570. The van der Waals surface area contributed by atoms with Gasteiger partial charge in [-0.2, -0.15) is 0 Å². The largest absolute Gasteiger partial charge is 0.315 e. The van der Waals surface area contributed by atoms with E-state index in [9.17, 15) is 0 Å². The van der Waals surface area contributed by atoms with Crippen LogP contribution in [0.3, 0.4) is 0 Å². The van der Waals surface area contributed by atoms with E-state index in [4.69, 9.17) is 0 Å². The van der Waals surface area contributed by atoms with Crippen molar-refractivity contribution in [1.82, 2.24) is 10.2 Å². The van der Waals surface area contributed by atoms with Gasteiger partial charge in [-0.25, -0.2) is 0 Å². The summed E-state index contributed by atoms with van der Waals surface area (Å²) < 4.78 is 0. The molecule has 114 valence electrons. The molecule has 1 rings (SSSR count). The lowest BCUT2D eigenvalue weighted by Gasteiger charge is -2.32. The molecule has 1 aromatic rings. The second-order valence-electron chi connectivity index (χ2n) is 6.08. The first-order valence-corrected chi connectivity index (χ1v) is 8.02. The molecule has 2 nitrogen and oxygen atoms in total. The molecule has 0 saturated heterocycles. The van der Waals surface area contributed by atoms with Crippen LogP contribution >= 0.6 is 0 Å². The summed E-state index contributed by atoms with van der Waals surface area (Å²) in [5.74, 6) is 1.35.